The van der Waals surface area contributed by atoms with E-state index in [1.54, 1.807) is 10.9 Å². The molecule has 1 atom stereocenters. The van der Waals surface area contributed by atoms with Crippen LogP contribution < -0.4 is 10.9 Å². The van der Waals surface area contributed by atoms with E-state index in [2.05, 4.69) is 31.1 Å². The molecule has 0 radical (unpaired) electrons. The number of aromatic nitrogens is 2. The van der Waals surface area contributed by atoms with Crippen LogP contribution in [0.1, 0.15) is 38.5 Å². The molecule has 1 fully saturated rings. The number of nitrogens with one attached hydrogen (secondary N) is 1. The van der Waals surface area contributed by atoms with Crippen molar-refractivity contribution in [2.45, 2.75) is 51.6 Å². The smallest absolute Gasteiger partial charge is 0.271 e. The zero-order valence-electron chi connectivity index (χ0n) is 12.5. The summed E-state index contributed by atoms with van der Waals surface area (Å²) in [6.45, 7) is 6.88. The Morgan fingerprint density at radius 3 is 2.81 bits per heavy atom. The molecule has 1 saturated heterocycles. The van der Waals surface area contributed by atoms with Gasteiger partial charge in [-0.2, -0.15) is 0 Å². The number of amides is 1. The van der Waals surface area contributed by atoms with Gasteiger partial charge < -0.3 is 5.32 Å². The Hall–Kier alpha value is -1.69. The highest BCUT2D eigenvalue weighted by molar-refractivity contribution is 7.19. The van der Waals surface area contributed by atoms with E-state index in [4.69, 9.17) is 0 Å². The van der Waals surface area contributed by atoms with Crippen molar-refractivity contribution in [3.05, 3.63) is 27.6 Å². The number of hydrogen-bond donors (Lipinski definition) is 1. The van der Waals surface area contributed by atoms with Crippen molar-refractivity contribution in [1.82, 2.24) is 14.9 Å². The van der Waals surface area contributed by atoms with Crippen LogP contribution in [0.5, 0.6) is 0 Å². The summed E-state index contributed by atoms with van der Waals surface area (Å²) < 4.78 is 2.31. The van der Waals surface area contributed by atoms with Crippen molar-refractivity contribution in [1.29, 1.82) is 0 Å². The van der Waals surface area contributed by atoms with Crippen molar-refractivity contribution in [3.63, 3.8) is 0 Å². The van der Waals surface area contributed by atoms with Gasteiger partial charge in [0.05, 0.1) is 11.8 Å². The monoisotopic (exact) mass is 305 g/mol. The quantitative estimate of drug-likeness (QED) is 0.923. The molecule has 1 amide bonds. The molecule has 1 aliphatic heterocycles. The molecule has 0 aliphatic carbocycles. The zero-order valence-corrected chi connectivity index (χ0v) is 13.3. The number of carbonyl (C=O) groups excluding carboxylic acids is 1. The minimum atomic E-state index is -0.0124. The standard InChI is InChI=1S/C15H19N3O2S/c1-15(2,3)11-6-10-13(21-11)14(20)18(8-16-10)7-9-4-5-12(19)17-9/h6,8-9H,4-5,7H2,1-3H3,(H,17,19)/t9-/m1/s1. The normalized spacial score (nSPS) is 19.2. The predicted octanol–water partition coefficient (Wildman–Crippen LogP) is 2.03. The molecule has 1 aliphatic rings. The van der Waals surface area contributed by atoms with E-state index in [0.29, 0.717) is 17.7 Å². The molecule has 0 unspecified atom stereocenters. The van der Waals surface area contributed by atoms with Crippen LogP contribution in [0.15, 0.2) is 17.2 Å². The summed E-state index contributed by atoms with van der Waals surface area (Å²) in [7, 11) is 0. The second-order valence-corrected chi connectivity index (χ2v) is 7.63. The number of rotatable bonds is 2. The van der Waals surface area contributed by atoms with Crippen LogP contribution in [0.2, 0.25) is 0 Å². The summed E-state index contributed by atoms with van der Waals surface area (Å²) in [5.41, 5.74) is 0.769. The zero-order chi connectivity index (χ0) is 15.2. The third kappa shape index (κ3) is 2.72. The summed E-state index contributed by atoms with van der Waals surface area (Å²) in [5.74, 6) is 0.0632. The number of hydrogen-bond acceptors (Lipinski definition) is 4. The third-order valence-corrected chi connectivity index (χ3v) is 5.28. The largest absolute Gasteiger partial charge is 0.352 e. The van der Waals surface area contributed by atoms with Crippen LogP contribution in [0, 0.1) is 0 Å². The second kappa shape index (κ2) is 4.94. The number of nitrogens with zero attached hydrogens (tertiary/aromatic N) is 2. The average molecular weight is 305 g/mol. The first kappa shape index (κ1) is 14.3. The highest BCUT2D eigenvalue weighted by Gasteiger charge is 2.23. The minimum Gasteiger partial charge on any atom is -0.352 e. The van der Waals surface area contributed by atoms with Crippen LogP contribution in [-0.4, -0.2) is 21.5 Å². The van der Waals surface area contributed by atoms with E-state index in [1.807, 2.05) is 6.07 Å². The van der Waals surface area contributed by atoms with Gasteiger partial charge in [-0.25, -0.2) is 4.98 Å². The topological polar surface area (TPSA) is 64.0 Å². The molecule has 6 heteroatoms. The molecule has 0 spiro atoms. The van der Waals surface area contributed by atoms with Crippen molar-refractivity contribution in [2.24, 2.45) is 0 Å². The Morgan fingerprint density at radius 2 is 2.19 bits per heavy atom. The maximum atomic E-state index is 12.6. The first-order chi connectivity index (χ1) is 9.84. The van der Waals surface area contributed by atoms with Gasteiger partial charge in [0.15, 0.2) is 0 Å². The highest BCUT2D eigenvalue weighted by Crippen LogP contribution is 2.31. The van der Waals surface area contributed by atoms with Gasteiger partial charge in [-0.3, -0.25) is 14.2 Å². The van der Waals surface area contributed by atoms with Gasteiger partial charge in [-0.05, 0) is 17.9 Å². The first-order valence-corrected chi connectivity index (χ1v) is 7.95. The summed E-state index contributed by atoms with van der Waals surface area (Å²) >= 11 is 1.52. The van der Waals surface area contributed by atoms with Crippen molar-refractivity contribution < 1.29 is 4.79 Å². The molecule has 5 nitrogen and oxygen atoms in total. The summed E-state index contributed by atoms with van der Waals surface area (Å²) in [5, 5.41) is 2.88. The Balaban J connectivity index is 1.96. The first-order valence-electron chi connectivity index (χ1n) is 7.13. The molecule has 3 rings (SSSR count). The predicted molar refractivity (Wildman–Crippen MR) is 83.7 cm³/mol. The van der Waals surface area contributed by atoms with Crippen LogP contribution in [0.3, 0.4) is 0 Å². The third-order valence-electron chi connectivity index (χ3n) is 3.75. The molecule has 112 valence electrons. The van der Waals surface area contributed by atoms with E-state index in [-0.39, 0.29) is 22.9 Å². The molecule has 21 heavy (non-hydrogen) atoms. The van der Waals surface area contributed by atoms with Gasteiger partial charge in [-0.15, -0.1) is 11.3 Å². The molecular formula is C15H19N3O2S. The second-order valence-electron chi connectivity index (χ2n) is 6.58. The fourth-order valence-electron chi connectivity index (χ4n) is 2.50. The van der Waals surface area contributed by atoms with E-state index >= 15 is 0 Å². The molecule has 3 heterocycles. The van der Waals surface area contributed by atoms with Crippen LogP contribution in [0.4, 0.5) is 0 Å². The van der Waals surface area contributed by atoms with Gasteiger partial charge in [0, 0.05) is 23.9 Å². The van der Waals surface area contributed by atoms with E-state index in [9.17, 15) is 9.59 Å². The van der Waals surface area contributed by atoms with E-state index in [1.165, 1.54) is 11.3 Å². The van der Waals surface area contributed by atoms with Crippen molar-refractivity contribution in [3.8, 4) is 0 Å². The van der Waals surface area contributed by atoms with Gasteiger partial charge in [0.1, 0.15) is 4.70 Å². The molecule has 2 aromatic rings. The Bertz CT molecular complexity index is 754. The Morgan fingerprint density at radius 1 is 1.43 bits per heavy atom. The Labute approximate surface area is 127 Å². The van der Waals surface area contributed by atoms with Crippen molar-refractivity contribution >= 4 is 27.5 Å². The van der Waals surface area contributed by atoms with Crippen LogP contribution >= 0.6 is 11.3 Å². The van der Waals surface area contributed by atoms with E-state index in [0.717, 1.165) is 16.8 Å². The molecular weight excluding hydrogens is 286 g/mol. The van der Waals surface area contributed by atoms with Crippen LogP contribution in [0.25, 0.3) is 10.2 Å². The lowest BCUT2D eigenvalue weighted by Crippen LogP contribution is -2.33. The highest BCUT2D eigenvalue weighted by atomic mass is 32.1. The maximum absolute atomic E-state index is 12.6. The molecule has 2 aromatic heterocycles. The number of carbonyl (C=O) groups is 1. The Kier molecular flexibility index (Phi) is 3.36. The molecule has 0 bridgehead atoms. The molecule has 0 saturated carbocycles. The average Bonchev–Trinajstić information content (AvgIpc) is 2.99. The lowest BCUT2D eigenvalue weighted by atomic mass is 9.95. The van der Waals surface area contributed by atoms with Gasteiger partial charge in [-0.1, -0.05) is 20.8 Å². The summed E-state index contributed by atoms with van der Waals surface area (Å²) in [4.78, 5) is 29.4. The van der Waals surface area contributed by atoms with Crippen LogP contribution in [-0.2, 0) is 16.8 Å². The number of thiophene rings is 1. The lowest BCUT2D eigenvalue weighted by molar-refractivity contribution is -0.119. The maximum Gasteiger partial charge on any atom is 0.271 e. The summed E-state index contributed by atoms with van der Waals surface area (Å²) in [6, 6.07) is 2.04. The molecule has 1 N–H and O–H groups in total. The molecule has 0 aromatic carbocycles. The fraction of sp³-hybridized carbons (Fsp3) is 0.533. The van der Waals surface area contributed by atoms with Crippen molar-refractivity contribution in [2.75, 3.05) is 0 Å². The fourth-order valence-corrected chi connectivity index (χ4v) is 3.61. The van der Waals surface area contributed by atoms with E-state index < -0.39 is 0 Å². The van der Waals surface area contributed by atoms with Gasteiger partial charge >= 0.3 is 0 Å². The van der Waals surface area contributed by atoms with Gasteiger partial charge in [0.2, 0.25) is 5.91 Å². The number of fused-ring (bicyclic) bond motifs is 1. The SMILES string of the molecule is CC(C)(C)c1cc2ncn(C[C@H]3CCC(=O)N3)c(=O)c2s1. The van der Waals surface area contributed by atoms with Gasteiger partial charge in [0.25, 0.3) is 5.56 Å². The lowest BCUT2D eigenvalue weighted by Gasteiger charge is -2.14. The minimum absolute atomic E-state index is 0.0124. The summed E-state index contributed by atoms with van der Waals surface area (Å²) in [6.07, 6.45) is 2.91.